The van der Waals surface area contributed by atoms with Gasteiger partial charge in [-0.3, -0.25) is 0 Å². The van der Waals surface area contributed by atoms with Crippen LogP contribution in [0.4, 0.5) is 4.39 Å². The summed E-state index contributed by atoms with van der Waals surface area (Å²) in [7, 11) is 1.76. The van der Waals surface area contributed by atoms with E-state index in [9.17, 15) is 4.39 Å². The monoisotopic (exact) mass is 243 g/mol. The van der Waals surface area contributed by atoms with Gasteiger partial charge in [0.25, 0.3) is 0 Å². The molecular weight excluding hydrogens is 229 g/mol. The molecule has 1 aromatic carbocycles. The minimum absolute atomic E-state index is 0. The fourth-order valence-electron chi connectivity index (χ4n) is 1.69. The Labute approximate surface area is 100 Å². The number of furan rings is 1. The number of hydrogen-bond donors (Lipinski definition) is 1. The Morgan fingerprint density at radius 1 is 1.38 bits per heavy atom. The standard InChI is InChI=1S/C12H14FNO.ClH/c1-14-8-11(13)7-9-2-3-12-10(6-9)4-5-15-12;/h2-6,11,14H,7-8H2,1H3;1H. The van der Waals surface area contributed by atoms with Crippen molar-refractivity contribution in [2.24, 2.45) is 0 Å². The highest BCUT2D eigenvalue weighted by molar-refractivity contribution is 5.85. The molecule has 0 aliphatic heterocycles. The minimum Gasteiger partial charge on any atom is -0.464 e. The van der Waals surface area contributed by atoms with Crippen LogP contribution < -0.4 is 5.32 Å². The molecule has 1 heterocycles. The third-order valence-corrected chi connectivity index (χ3v) is 2.40. The van der Waals surface area contributed by atoms with E-state index in [0.717, 1.165) is 16.5 Å². The molecule has 1 aromatic heterocycles. The number of halogens is 2. The van der Waals surface area contributed by atoms with Gasteiger partial charge >= 0.3 is 0 Å². The second-order valence-corrected chi connectivity index (χ2v) is 3.65. The zero-order valence-corrected chi connectivity index (χ0v) is 9.89. The van der Waals surface area contributed by atoms with E-state index in [0.29, 0.717) is 13.0 Å². The van der Waals surface area contributed by atoms with E-state index in [1.54, 1.807) is 13.3 Å². The van der Waals surface area contributed by atoms with E-state index >= 15 is 0 Å². The molecule has 16 heavy (non-hydrogen) atoms. The molecule has 0 aliphatic rings. The number of fused-ring (bicyclic) bond motifs is 1. The predicted molar refractivity (Wildman–Crippen MR) is 66.0 cm³/mol. The van der Waals surface area contributed by atoms with Gasteiger partial charge in [0.15, 0.2) is 0 Å². The van der Waals surface area contributed by atoms with E-state index in [1.807, 2.05) is 24.3 Å². The van der Waals surface area contributed by atoms with Crippen molar-refractivity contribution in [2.45, 2.75) is 12.6 Å². The van der Waals surface area contributed by atoms with Crippen molar-refractivity contribution in [3.8, 4) is 0 Å². The van der Waals surface area contributed by atoms with E-state index in [-0.39, 0.29) is 12.4 Å². The molecule has 2 nitrogen and oxygen atoms in total. The molecule has 0 radical (unpaired) electrons. The molecule has 0 aliphatic carbocycles. The third-order valence-electron chi connectivity index (χ3n) is 2.40. The highest BCUT2D eigenvalue weighted by Gasteiger charge is 2.07. The number of hydrogen-bond acceptors (Lipinski definition) is 2. The van der Waals surface area contributed by atoms with Gasteiger partial charge in [0.05, 0.1) is 6.26 Å². The molecule has 0 saturated heterocycles. The zero-order valence-electron chi connectivity index (χ0n) is 9.07. The first-order chi connectivity index (χ1) is 7.29. The van der Waals surface area contributed by atoms with Crippen LogP contribution in [0.5, 0.6) is 0 Å². The maximum atomic E-state index is 13.3. The molecular formula is C12H15ClFNO. The SMILES string of the molecule is CNCC(F)Cc1ccc2occc2c1.Cl. The van der Waals surface area contributed by atoms with Crippen LogP contribution in [0.1, 0.15) is 5.56 Å². The average molecular weight is 244 g/mol. The fourth-order valence-corrected chi connectivity index (χ4v) is 1.69. The molecule has 1 unspecified atom stereocenters. The molecule has 0 spiro atoms. The smallest absolute Gasteiger partial charge is 0.133 e. The molecule has 4 heteroatoms. The maximum absolute atomic E-state index is 13.3. The Morgan fingerprint density at radius 3 is 2.94 bits per heavy atom. The van der Waals surface area contributed by atoms with Crippen LogP contribution in [-0.2, 0) is 6.42 Å². The maximum Gasteiger partial charge on any atom is 0.133 e. The average Bonchev–Trinajstić information content (AvgIpc) is 2.65. The summed E-state index contributed by atoms with van der Waals surface area (Å²) in [6.45, 7) is 0.392. The first-order valence-electron chi connectivity index (χ1n) is 5.04. The van der Waals surface area contributed by atoms with Crippen LogP contribution >= 0.6 is 12.4 Å². The quantitative estimate of drug-likeness (QED) is 0.893. The summed E-state index contributed by atoms with van der Waals surface area (Å²) in [4.78, 5) is 0. The fraction of sp³-hybridized carbons (Fsp3) is 0.333. The molecule has 0 amide bonds. The molecule has 2 aromatic rings. The van der Waals surface area contributed by atoms with Gasteiger partial charge in [-0.1, -0.05) is 6.07 Å². The van der Waals surface area contributed by atoms with Crippen molar-refractivity contribution in [3.05, 3.63) is 36.1 Å². The third kappa shape index (κ3) is 2.97. The highest BCUT2D eigenvalue weighted by Crippen LogP contribution is 2.18. The minimum atomic E-state index is -0.834. The second kappa shape index (κ2) is 5.87. The van der Waals surface area contributed by atoms with Gasteiger partial charge in [0, 0.05) is 18.4 Å². The van der Waals surface area contributed by atoms with Gasteiger partial charge in [0.2, 0.25) is 0 Å². The lowest BCUT2D eigenvalue weighted by Gasteiger charge is -2.07. The molecule has 2 rings (SSSR count). The lowest BCUT2D eigenvalue weighted by atomic mass is 10.1. The number of rotatable bonds is 4. The molecule has 0 fully saturated rings. The van der Waals surface area contributed by atoms with Crippen molar-refractivity contribution in [2.75, 3.05) is 13.6 Å². The zero-order chi connectivity index (χ0) is 10.7. The normalized spacial score (nSPS) is 12.4. The van der Waals surface area contributed by atoms with Gasteiger partial charge in [-0.2, -0.15) is 0 Å². The Hall–Kier alpha value is -1.06. The molecule has 1 atom stereocenters. The summed E-state index contributed by atoms with van der Waals surface area (Å²) in [5.74, 6) is 0. The Bertz CT molecular complexity index is 443. The Kier molecular flexibility index (Phi) is 4.77. The lowest BCUT2D eigenvalue weighted by Crippen LogP contribution is -2.21. The van der Waals surface area contributed by atoms with Crippen molar-refractivity contribution in [1.29, 1.82) is 0 Å². The van der Waals surface area contributed by atoms with E-state index in [4.69, 9.17) is 4.42 Å². The summed E-state index contributed by atoms with van der Waals surface area (Å²) >= 11 is 0. The Balaban J connectivity index is 0.00000128. The van der Waals surface area contributed by atoms with Crippen LogP contribution in [0.3, 0.4) is 0 Å². The van der Waals surface area contributed by atoms with Crippen LogP contribution in [0.2, 0.25) is 0 Å². The van der Waals surface area contributed by atoms with Crippen LogP contribution in [0, 0.1) is 0 Å². The van der Waals surface area contributed by atoms with Crippen molar-refractivity contribution in [3.63, 3.8) is 0 Å². The Morgan fingerprint density at radius 2 is 2.19 bits per heavy atom. The molecule has 0 bridgehead atoms. The predicted octanol–water partition coefficient (Wildman–Crippen LogP) is 2.95. The van der Waals surface area contributed by atoms with Gasteiger partial charge in [-0.15, -0.1) is 12.4 Å². The largest absolute Gasteiger partial charge is 0.464 e. The van der Waals surface area contributed by atoms with E-state index in [1.165, 1.54) is 0 Å². The van der Waals surface area contributed by atoms with Gasteiger partial charge in [-0.25, -0.2) is 4.39 Å². The summed E-state index contributed by atoms with van der Waals surface area (Å²) in [6.07, 6.45) is 1.26. The van der Waals surface area contributed by atoms with Gasteiger partial charge in [-0.05, 0) is 30.8 Å². The first kappa shape index (κ1) is 13.0. The molecule has 88 valence electrons. The van der Waals surface area contributed by atoms with Crippen LogP contribution in [0.15, 0.2) is 34.9 Å². The molecule has 0 saturated carbocycles. The topological polar surface area (TPSA) is 25.2 Å². The lowest BCUT2D eigenvalue weighted by molar-refractivity contribution is 0.324. The highest BCUT2D eigenvalue weighted by atomic mass is 35.5. The number of benzene rings is 1. The second-order valence-electron chi connectivity index (χ2n) is 3.65. The van der Waals surface area contributed by atoms with E-state index < -0.39 is 6.17 Å². The molecule has 1 N–H and O–H groups in total. The van der Waals surface area contributed by atoms with Crippen LogP contribution in [0.25, 0.3) is 11.0 Å². The van der Waals surface area contributed by atoms with Crippen molar-refractivity contribution < 1.29 is 8.81 Å². The van der Waals surface area contributed by atoms with Crippen LogP contribution in [-0.4, -0.2) is 19.8 Å². The van der Waals surface area contributed by atoms with Crippen molar-refractivity contribution >= 4 is 23.4 Å². The van der Waals surface area contributed by atoms with E-state index in [2.05, 4.69) is 5.32 Å². The van der Waals surface area contributed by atoms with Gasteiger partial charge in [0.1, 0.15) is 11.8 Å². The number of nitrogens with one attached hydrogen (secondary N) is 1. The summed E-state index contributed by atoms with van der Waals surface area (Å²) in [6, 6.07) is 7.66. The number of alkyl halides is 1. The summed E-state index contributed by atoms with van der Waals surface area (Å²) < 4.78 is 18.5. The van der Waals surface area contributed by atoms with Gasteiger partial charge < -0.3 is 9.73 Å². The summed E-state index contributed by atoms with van der Waals surface area (Å²) in [5, 5.41) is 3.86. The van der Waals surface area contributed by atoms with Crippen molar-refractivity contribution in [1.82, 2.24) is 5.32 Å². The summed E-state index contributed by atoms with van der Waals surface area (Å²) in [5.41, 5.74) is 1.86. The first-order valence-corrected chi connectivity index (χ1v) is 5.04.